The summed E-state index contributed by atoms with van der Waals surface area (Å²) in [5, 5.41) is 12.3. The monoisotopic (exact) mass is 217 g/mol. The first-order valence-electron chi connectivity index (χ1n) is 5.50. The first-order chi connectivity index (χ1) is 7.81. The van der Waals surface area contributed by atoms with E-state index in [9.17, 15) is 0 Å². The summed E-state index contributed by atoms with van der Waals surface area (Å²) in [7, 11) is 0. The quantitative estimate of drug-likeness (QED) is 0.838. The van der Waals surface area contributed by atoms with Gasteiger partial charge < -0.3 is 10.1 Å². The summed E-state index contributed by atoms with van der Waals surface area (Å²) >= 11 is 0. The topological polar surface area (TPSA) is 57.9 Å². The van der Waals surface area contributed by atoms with Crippen LogP contribution in [0.15, 0.2) is 18.3 Å². The molecule has 2 heterocycles. The Hall–Kier alpha value is -1.60. The fourth-order valence-corrected chi connectivity index (χ4v) is 1.92. The second kappa shape index (κ2) is 4.95. The number of nitrogens with zero attached hydrogens (tertiary/aromatic N) is 2. The molecule has 0 radical (unpaired) electrons. The van der Waals surface area contributed by atoms with Crippen LogP contribution < -0.4 is 5.32 Å². The minimum atomic E-state index is 0.304. The number of aromatic nitrogens is 1. The molecule has 4 heteroatoms. The predicted molar refractivity (Wildman–Crippen MR) is 61.0 cm³/mol. The Morgan fingerprint density at radius 2 is 2.56 bits per heavy atom. The molecule has 16 heavy (non-hydrogen) atoms. The third-order valence-electron chi connectivity index (χ3n) is 2.97. The number of pyridine rings is 1. The standard InChI is InChI=1S/C12H15N3O/c1-9(10-4-6-16-8-10)15-11-3-2-5-14-12(11)7-13/h2-3,5,9-10,15H,4,6,8H2,1H3. The average Bonchev–Trinajstić information content (AvgIpc) is 2.83. The largest absolute Gasteiger partial charge is 0.381 e. The van der Waals surface area contributed by atoms with Gasteiger partial charge in [0.25, 0.3) is 0 Å². The predicted octanol–water partition coefficient (Wildman–Crippen LogP) is 1.79. The summed E-state index contributed by atoms with van der Waals surface area (Å²) in [6.07, 6.45) is 2.71. The molecule has 0 aromatic carbocycles. The maximum atomic E-state index is 8.92. The van der Waals surface area contributed by atoms with Crippen LogP contribution in [0.3, 0.4) is 0 Å². The van der Waals surface area contributed by atoms with E-state index in [-0.39, 0.29) is 0 Å². The summed E-state index contributed by atoms with van der Waals surface area (Å²) in [6.45, 7) is 3.76. The van der Waals surface area contributed by atoms with Crippen molar-refractivity contribution >= 4 is 5.69 Å². The molecule has 1 N–H and O–H groups in total. The number of nitrogens with one attached hydrogen (secondary N) is 1. The van der Waals surface area contributed by atoms with E-state index in [1.807, 2.05) is 12.1 Å². The average molecular weight is 217 g/mol. The Morgan fingerprint density at radius 3 is 3.25 bits per heavy atom. The third kappa shape index (κ3) is 2.31. The number of hydrogen-bond donors (Lipinski definition) is 1. The van der Waals surface area contributed by atoms with Crippen LogP contribution in [0, 0.1) is 17.2 Å². The number of ether oxygens (including phenoxy) is 1. The highest BCUT2D eigenvalue weighted by atomic mass is 16.5. The smallest absolute Gasteiger partial charge is 0.163 e. The molecule has 0 amide bonds. The van der Waals surface area contributed by atoms with Gasteiger partial charge in [-0.05, 0) is 25.5 Å². The van der Waals surface area contributed by atoms with Gasteiger partial charge in [-0.15, -0.1) is 0 Å². The van der Waals surface area contributed by atoms with Crippen molar-refractivity contribution in [1.82, 2.24) is 4.98 Å². The third-order valence-corrected chi connectivity index (χ3v) is 2.97. The van der Waals surface area contributed by atoms with Crippen LogP contribution in [0.4, 0.5) is 5.69 Å². The molecule has 84 valence electrons. The van der Waals surface area contributed by atoms with E-state index in [2.05, 4.69) is 23.3 Å². The van der Waals surface area contributed by atoms with Gasteiger partial charge in [-0.25, -0.2) is 4.98 Å². The first-order valence-corrected chi connectivity index (χ1v) is 5.50. The normalized spacial score (nSPS) is 21.4. The zero-order valence-electron chi connectivity index (χ0n) is 9.31. The van der Waals surface area contributed by atoms with Crippen molar-refractivity contribution in [3.63, 3.8) is 0 Å². The maximum Gasteiger partial charge on any atom is 0.163 e. The van der Waals surface area contributed by atoms with Gasteiger partial charge in [-0.1, -0.05) is 0 Å². The molecule has 1 aromatic rings. The van der Waals surface area contributed by atoms with Gasteiger partial charge in [0.15, 0.2) is 5.69 Å². The van der Waals surface area contributed by atoms with Gasteiger partial charge in [0, 0.05) is 24.8 Å². The second-order valence-corrected chi connectivity index (χ2v) is 4.07. The van der Waals surface area contributed by atoms with E-state index in [1.54, 1.807) is 6.20 Å². The van der Waals surface area contributed by atoms with Crippen molar-refractivity contribution < 1.29 is 4.74 Å². The fourth-order valence-electron chi connectivity index (χ4n) is 1.92. The van der Waals surface area contributed by atoms with Crippen molar-refractivity contribution in [3.05, 3.63) is 24.0 Å². The lowest BCUT2D eigenvalue weighted by atomic mass is 10.0. The fraction of sp³-hybridized carbons (Fsp3) is 0.500. The van der Waals surface area contributed by atoms with E-state index in [1.165, 1.54) is 0 Å². The van der Waals surface area contributed by atoms with E-state index >= 15 is 0 Å². The van der Waals surface area contributed by atoms with Crippen molar-refractivity contribution in [2.75, 3.05) is 18.5 Å². The SMILES string of the molecule is CC(Nc1cccnc1C#N)C1CCOC1. The Kier molecular flexibility index (Phi) is 3.37. The van der Waals surface area contributed by atoms with Crippen LogP contribution in [-0.2, 0) is 4.74 Å². The van der Waals surface area contributed by atoms with Crippen LogP contribution >= 0.6 is 0 Å². The Balaban J connectivity index is 2.05. The van der Waals surface area contributed by atoms with Crippen LogP contribution in [-0.4, -0.2) is 24.2 Å². The lowest BCUT2D eigenvalue weighted by molar-refractivity contribution is 0.183. The molecule has 1 saturated heterocycles. The highest BCUT2D eigenvalue weighted by Crippen LogP contribution is 2.21. The van der Waals surface area contributed by atoms with Gasteiger partial charge in [0.2, 0.25) is 0 Å². The summed E-state index contributed by atoms with van der Waals surface area (Å²) in [5.41, 5.74) is 1.26. The number of anilines is 1. The molecule has 2 unspecified atom stereocenters. The van der Waals surface area contributed by atoms with Gasteiger partial charge in [0.1, 0.15) is 6.07 Å². The minimum Gasteiger partial charge on any atom is -0.381 e. The molecule has 0 bridgehead atoms. The molecule has 1 aliphatic heterocycles. The Labute approximate surface area is 95.3 Å². The molecule has 2 rings (SSSR count). The number of rotatable bonds is 3. The molecule has 0 spiro atoms. The minimum absolute atomic E-state index is 0.304. The molecular weight excluding hydrogens is 202 g/mol. The van der Waals surface area contributed by atoms with Crippen molar-refractivity contribution in [2.24, 2.45) is 5.92 Å². The van der Waals surface area contributed by atoms with E-state index in [0.717, 1.165) is 25.3 Å². The van der Waals surface area contributed by atoms with Gasteiger partial charge >= 0.3 is 0 Å². The summed E-state index contributed by atoms with van der Waals surface area (Å²) in [4.78, 5) is 4.02. The van der Waals surface area contributed by atoms with E-state index in [0.29, 0.717) is 17.7 Å². The highest BCUT2D eigenvalue weighted by molar-refractivity contribution is 5.53. The Bertz CT molecular complexity index is 393. The summed E-state index contributed by atoms with van der Waals surface area (Å²) in [6, 6.07) is 6.11. The molecule has 0 saturated carbocycles. The maximum absolute atomic E-state index is 8.92. The van der Waals surface area contributed by atoms with Crippen LogP contribution in [0.5, 0.6) is 0 Å². The summed E-state index contributed by atoms with van der Waals surface area (Å²) in [5.74, 6) is 0.520. The zero-order chi connectivity index (χ0) is 11.4. The molecule has 1 aliphatic rings. The highest BCUT2D eigenvalue weighted by Gasteiger charge is 2.22. The van der Waals surface area contributed by atoms with Crippen molar-refractivity contribution in [1.29, 1.82) is 5.26 Å². The van der Waals surface area contributed by atoms with Gasteiger partial charge in [-0.3, -0.25) is 0 Å². The molecule has 1 aromatic heterocycles. The van der Waals surface area contributed by atoms with Crippen LogP contribution in [0.2, 0.25) is 0 Å². The summed E-state index contributed by atoms with van der Waals surface area (Å²) < 4.78 is 5.35. The van der Waals surface area contributed by atoms with Crippen molar-refractivity contribution in [3.8, 4) is 6.07 Å². The molecule has 2 atom stereocenters. The molecule has 4 nitrogen and oxygen atoms in total. The zero-order valence-corrected chi connectivity index (χ0v) is 9.31. The molecule has 1 fully saturated rings. The van der Waals surface area contributed by atoms with E-state index in [4.69, 9.17) is 10.00 Å². The first kappa shape index (κ1) is 10.9. The van der Waals surface area contributed by atoms with Crippen LogP contribution in [0.1, 0.15) is 19.0 Å². The van der Waals surface area contributed by atoms with Crippen LogP contribution in [0.25, 0.3) is 0 Å². The number of hydrogen-bond acceptors (Lipinski definition) is 4. The van der Waals surface area contributed by atoms with Crippen molar-refractivity contribution in [2.45, 2.75) is 19.4 Å². The van der Waals surface area contributed by atoms with Gasteiger partial charge in [0.05, 0.1) is 12.3 Å². The lowest BCUT2D eigenvalue weighted by Gasteiger charge is -2.20. The molecular formula is C12H15N3O. The van der Waals surface area contributed by atoms with E-state index < -0.39 is 0 Å². The number of nitriles is 1. The Morgan fingerprint density at radius 1 is 1.69 bits per heavy atom. The van der Waals surface area contributed by atoms with Gasteiger partial charge in [-0.2, -0.15) is 5.26 Å². The lowest BCUT2D eigenvalue weighted by Crippen LogP contribution is -2.26. The second-order valence-electron chi connectivity index (χ2n) is 4.07. The molecule has 0 aliphatic carbocycles.